The summed E-state index contributed by atoms with van der Waals surface area (Å²) in [6.45, 7) is 4.04. The molecular weight excluding hydrogens is 235 g/mol. The highest BCUT2D eigenvalue weighted by Gasteiger charge is 2.13. The molecule has 0 fully saturated rings. The molecule has 0 saturated heterocycles. The van der Waals surface area contributed by atoms with Crippen molar-refractivity contribution in [3.8, 4) is 0 Å². The SMILES string of the molecule is CC=CNC=NP(=S)(OC)SCCC. The first-order valence-corrected chi connectivity index (χ1v) is 8.66. The topological polar surface area (TPSA) is 33.6 Å². The minimum Gasteiger partial charge on any atom is -0.353 e. The number of hydrogen-bond acceptors (Lipinski definition) is 3. The number of allylic oxidation sites excluding steroid dienone is 1. The van der Waals surface area contributed by atoms with Gasteiger partial charge in [-0.05, 0) is 31.4 Å². The molecule has 0 saturated carbocycles. The van der Waals surface area contributed by atoms with Gasteiger partial charge in [-0.25, -0.2) is 4.76 Å². The van der Waals surface area contributed by atoms with Crippen LogP contribution in [-0.2, 0) is 16.3 Å². The summed E-state index contributed by atoms with van der Waals surface area (Å²) >= 11 is 6.93. The van der Waals surface area contributed by atoms with Crippen LogP contribution in [-0.4, -0.2) is 19.2 Å². The van der Waals surface area contributed by atoms with Gasteiger partial charge in [0.25, 0.3) is 0 Å². The number of rotatable bonds is 7. The molecule has 0 aromatic heterocycles. The fourth-order valence-corrected chi connectivity index (χ4v) is 4.18. The Bertz CT molecular complexity index is 243. The van der Waals surface area contributed by atoms with Crippen LogP contribution in [0.1, 0.15) is 20.3 Å². The third kappa shape index (κ3) is 6.60. The monoisotopic (exact) mass is 252 g/mol. The maximum absolute atomic E-state index is 5.31. The van der Waals surface area contributed by atoms with Crippen molar-refractivity contribution in [2.45, 2.75) is 20.3 Å². The van der Waals surface area contributed by atoms with E-state index in [0.717, 1.165) is 12.2 Å². The van der Waals surface area contributed by atoms with E-state index in [2.05, 4.69) is 17.0 Å². The molecule has 0 aromatic carbocycles. The molecule has 0 radical (unpaired) electrons. The van der Waals surface area contributed by atoms with E-state index >= 15 is 0 Å². The van der Waals surface area contributed by atoms with E-state index in [1.807, 2.05) is 13.0 Å². The molecule has 0 heterocycles. The summed E-state index contributed by atoms with van der Waals surface area (Å²) in [5.74, 6) is 0.992. The van der Waals surface area contributed by atoms with E-state index < -0.39 is 5.62 Å². The van der Waals surface area contributed by atoms with Gasteiger partial charge in [0, 0.05) is 12.9 Å². The van der Waals surface area contributed by atoms with Gasteiger partial charge in [-0.1, -0.05) is 24.4 Å². The van der Waals surface area contributed by atoms with Gasteiger partial charge in [0.15, 0.2) is 0 Å². The van der Waals surface area contributed by atoms with Crippen LogP contribution in [0, 0.1) is 0 Å². The Morgan fingerprint density at radius 2 is 2.36 bits per heavy atom. The van der Waals surface area contributed by atoms with Crippen LogP contribution in [0.5, 0.6) is 0 Å². The van der Waals surface area contributed by atoms with Crippen LogP contribution >= 0.6 is 17.0 Å². The zero-order valence-corrected chi connectivity index (χ0v) is 11.3. The highest BCUT2D eigenvalue weighted by atomic mass is 32.9. The lowest BCUT2D eigenvalue weighted by Gasteiger charge is -2.12. The van der Waals surface area contributed by atoms with Crippen molar-refractivity contribution in [2.24, 2.45) is 4.76 Å². The van der Waals surface area contributed by atoms with Crippen LogP contribution in [0.4, 0.5) is 0 Å². The molecule has 0 rings (SSSR count). The van der Waals surface area contributed by atoms with Crippen molar-refractivity contribution in [1.82, 2.24) is 5.32 Å². The molecule has 1 N–H and O–H groups in total. The van der Waals surface area contributed by atoms with Gasteiger partial charge in [-0.2, -0.15) is 0 Å². The first kappa shape index (κ1) is 14.2. The Morgan fingerprint density at radius 3 is 2.86 bits per heavy atom. The Hall–Kier alpha value is 0.170. The normalized spacial score (nSPS) is 16.2. The van der Waals surface area contributed by atoms with Gasteiger partial charge in [-0.3, -0.25) is 0 Å². The van der Waals surface area contributed by atoms with Gasteiger partial charge in [0.1, 0.15) is 0 Å². The summed E-state index contributed by atoms with van der Waals surface area (Å²) in [5.41, 5.74) is -2.03. The summed E-state index contributed by atoms with van der Waals surface area (Å²) in [6.07, 6.45) is 6.38. The van der Waals surface area contributed by atoms with E-state index in [-0.39, 0.29) is 0 Å². The quantitative estimate of drug-likeness (QED) is 0.429. The third-order valence-electron chi connectivity index (χ3n) is 1.23. The van der Waals surface area contributed by atoms with Crippen LogP contribution in [0.25, 0.3) is 0 Å². The van der Waals surface area contributed by atoms with Crippen LogP contribution in [0.2, 0.25) is 0 Å². The molecule has 0 spiro atoms. The minimum absolute atomic E-state index is 0.992. The second kappa shape index (κ2) is 8.48. The third-order valence-corrected chi connectivity index (χ3v) is 6.94. The predicted molar refractivity (Wildman–Crippen MR) is 70.5 cm³/mol. The Kier molecular flexibility index (Phi) is 8.58. The Morgan fingerprint density at radius 1 is 1.64 bits per heavy atom. The average molecular weight is 252 g/mol. The number of nitrogens with one attached hydrogen (secondary N) is 1. The molecule has 1 unspecified atom stereocenters. The summed E-state index contributed by atoms with van der Waals surface area (Å²) in [6, 6.07) is 0. The zero-order chi connectivity index (χ0) is 10.9. The van der Waals surface area contributed by atoms with E-state index in [4.69, 9.17) is 16.3 Å². The predicted octanol–water partition coefficient (Wildman–Crippen LogP) is 3.15. The molecular formula is C8H17N2OPS2. The van der Waals surface area contributed by atoms with Gasteiger partial charge < -0.3 is 9.84 Å². The van der Waals surface area contributed by atoms with Crippen LogP contribution < -0.4 is 5.32 Å². The maximum atomic E-state index is 5.31. The van der Waals surface area contributed by atoms with Crippen molar-refractivity contribution >= 4 is 35.1 Å². The van der Waals surface area contributed by atoms with Crippen LogP contribution in [0.15, 0.2) is 17.0 Å². The van der Waals surface area contributed by atoms with E-state index in [1.54, 1.807) is 31.0 Å². The Balaban J connectivity index is 4.10. The second-order valence-electron chi connectivity index (χ2n) is 2.40. The molecule has 0 amide bonds. The van der Waals surface area contributed by atoms with Gasteiger partial charge in [0.2, 0.25) is 5.62 Å². The molecule has 0 aromatic rings. The lowest BCUT2D eigenvalue weighted by molar-refractivity contribution is 0.471. The van der Waals surface area contributed by atoms with E-state index in [0.29, 0.717) is 0 Å². The summed E-state index contributed by atoms with van der Waals surface area (Å²) in [5, 5.41) is 2.90. The number of nitrogens with zero attached hydrogens (tertiary/aromatic N) is 1. The summed E-state index contributed by atoms with van der Waals surface area (Å²) < 4.78 is 9.48. The van der Waals surface area contributed by atoms with E-state index in [1.165, 1.54) is 0 Å². The lowest BCUT2D eigenvalue weighted by Crippen LogP contribution is -1.99. The minimum atomic E-state index is -2.03. The largest absolute Gasteiger partial charge is 0.353 e. The molecule has 0 aliphatic carbocycles. The first-order valence-electron chi connectivity index (χ1n) is 4.40. The van der Waals surface area contributed by atoms with Gasteiger partial charge in [-0.15, -0.1) is 0 Å². The number of hydrogen-bond donors (Lipinski definition) is 1. The molecule has 0 bridgehead atoms. The van der Waals surface area contributed by atoms with E-state index in [9.17, 15) is 0 Å². The van der Waals surface area contributed by atoms with Crippen molar-refractivity contribution in [3.05, 3.63) is 12.3 Å². The molecule has 82 valence electrons. The van der Waals surface area contributed by atoms with Crippen molar-refractivity contribution in [1.29, 1.82) is 0 Å². The second-order valence-corrected chi connectivity index (χ2v) is 9.03. The van der Waals surface area contributed by atoms with Crippen molar-refractivity contribution < 1.29 is 4.52 Å². The average Bonchev–Trinajstić information content (AvgIpc) is 2.22. The fraction of sp³-hybridized carbons (Fsp3) is 0.625. The standard InChI is InChI=1S/C8H17N2OPS2/c1-4-6-9-8-10-12(13,11-3)14-7-5-2/h4,6,8H,5,7H2,1-3H3,(H,9,10,13). The highest BCUT2D eigenvalue weighted by molar-refractivity contribution is 8.69. The first-order chi connectivity index (χ1) is 6.68. The molecule has 1 atom stereocenters. The molecule has 0 aliphatic heterocycles. The summed E-state index contributed by atoms with van der Waals surface area (Å²) in [7, 11) is 1.62. The van der Waals surface area contributed by atoms with Gasteiger partial charge >= 0.3 is 0 Å². The zero-order valence-electron chi connectivity index (χ0n) is 8.77. The molecule has 0 aliphatic rings. The summed E-state index contributed by atoms with van der Waals surface area (Å²) in [4.78, 5) is 0. The molecule has 14 heavy (non-hydrogen) atoms. The van der Waals surface area contributed by atoms with Crippen LogP contribution in [0.3, 0.4) is 0 Å². The van der Waals surface area contributed by atoms with Gasteiger partial charge in [0.05, 0.1) is 6.34 Å². The maximum Gasteiger partial charge on any atom is 0.232 e. The smallest absolute Gasteiger partial charge is 0.232 e. The molecule has 6 heteroatoms. The Labute approximate surface area is 95.3 Å². The fourth-order valence-electron chi connectivity index (χ4n) is 0.583. The lowest BCUT2D eigenvalue weighted by atomic mass is 10.6. The molecule has 3 nitrogen and oxygen atoms in total. The van der Waals surface area contributed by atoms with Crippen molar-refractivity contribution in [3.63, 3.8) is 0 Å². The van der Waals surface area contributed by atoms with Crippen molar-refractivity contribution in [2.75, 3.05) is 12.9 Å². The highest BCUT2D eigenvalue weighted by Crippen LogP contribution is 2.60.